The summed E-state index contributed by atoms with van der Waals surface area (Å²) >= 11 is 0. The molecule has 0 saturated carbocycles. The number of sulfonamides is 1. The lowest BCUT2D eigenvalue weighted by Crippen LogP contribution is -2.34. The Morgan fingerprint density at radius 1 is 0.848 bits per heavy atom. The Bertz CT molecular complexity index is 1130. The molecule has 7 heteroatoms. The van der Waals surface area contributed by atoms with Gasteiger partial charge in [-0.25, -0.2) is 8.42 Å². The van der Waals surface area contributed by atoms with Crippen LogP contribution in [0.1, 0.15) is 24.5 Å². The minimum absolute atomic E-state index is 0.201. The Morgan fingerprint density at radius 3 is 2.09 bits per heavy atom. The van der Waals surface area contributed by atoms with E-state index >= 15 is 0 Å². The summed E-state index contributed by atoms with van der Waals surface area (Å²) in [4.78, 5) is 11.5. The van der Waals surface area contributed by atoms with Gasteiger partial charge >= 0.3 is 0 Å². The van der Waals surface area contributed by atoms with Gasteiger partial charge in [0.25, 0.3) is 0 Å². The Labute approximate surface area is 196 Å². The number of carbonyl (C=O) groups excluding carboxylic acids is 1. The van der Waals surface area contributed by atoms with Crippen LogP contribution >= 0.6 is 0 Å². The highest BCUT2D eigenvalue weighted by atomic mass is 32.2. The summed E-state index contributed by atoms with van der Waals surface area (Å²) in [6.07, 6.45) is 2.12. The van der Waals surface area contributed by atoms with Gasteiger partial charge in [0.1, 0.15) is 5.75 Å². The third kappa shape index (κ3) is 7.17. The summed E-state index contributed by atoms with van der Waals surface area (Å²) in [7, 11) is -2.07. The summed E-state index contributed by atoms with van der Waals surface area (Å²) in [6.45, 7) is 2.20. The molecule has 33 heavy (non-hydrogen) atoms. The van der Waals surface area contributed by atoms with E-state index in [-0.39, 0.29) is 10.8 Å². The molecule has 0 aromatic heterocycles. The number of nitrogens with one attached hydrogen (secondary N) is 1. The first-order valence-corrected chi connectivity index (χ1v) is 12.4. The fourth-order valence-electron chi connectivity index (χ4n) is 3.56. The fourth-order valence-corrected chi connectivity index (χ4v) is 5.04. The molecule has 0 spiro atoms. The van der Waals surface area contributed by atoms with Crippen molar-refractivity contribution in [3.05, 3.63) is 90.0 Å². The second-order valence-electron chi connectivity index (χ2n) is 7.80. The zero-order chi connectivity index (χ0) is 23.7. The smallest absolute Gasteiger partial charge is 0.243 e. The monoisotopic (exact) mass is 466 g/mol. The molecule has 0 bridgehead atoms. The van der Waals surface area contributed by atoms with E-state index in [1.807, 2.05) is 42.5 Å². The molecule has 0 aliphatic rings. The molecule has 3 aromatic rings. The molecule has 0 aliphatic heterocycles. The fraction of sp³-hybridized carbons (Fsp3) is 0.269. The molecular formula is C26H30N2O4S. The molecule has 3 aromatic carbocycles. The van der Waals surface area contributed by atoms with E-state index in [0.717, 1.165) is 24.2 Å². The number of methoxy groups -OCH3 is 1. The number of nitrogens with zero attached hydrogens (tertiary/aromatic N) is 1. The van der Waals surface area contributed by atoms with Crippen LogP contribution in [-0.2, 0) is 27.7 Å². The first kappa shape index (κ1) is 24.5. The van der Waals surface area contributed by atoms with E-state index in [9.17, 15) is 13.2 Å². The highest BCUT2D eigenvalue weighted by molar-refractivity contribution is 7.89. The zero-order valence-corrected chi connectivity index (χ0v) is 19.8. The predicted octanol–water partition coefficient (Wildman–Crippen LogP) is 4.52. The van der Waals surface area contributed by atoms with E-state index in [0.29, 0.717) is 25.2 Å². The lowest BCUT2D eigenvalue weighted by atomic mass is 10.1. The molecule has 6 nitrogen and oxygen atoms in total. The minimum atomic E-state index is -3.69. The van der Waals surface area contributed by atoms with E-state index in [1.54, 1.807) is 23.5 Å². The van der Waals surface area contributed by atoms with Crippen molar-refractivity contribution in [1.29, 1.82) is 0 Å². The van der Waals surface area contributed by atoms with Crippen molar-refractivity contribution in [2.24, 2.45) is 0 Å². The van der Waals surface area contributed by atoms with E-state index in [1.165, 1.54) is 24.6 Å². The van der Waals surface area contributed by atoms with Crippen LogP contribution in [0.4, 0.5) is 5.69 Å². The van der Waals surface area contributed by atoms with Crippen LogP contribution < -0.4 is 10.1 Å². The largest absolute Gasteiger partial charge is 0.497 e. The number of hydrogen-bond acceptors (Lipinski definition) is 4. The molecule has 1 N–H and O–H groups in total. The number of ether oxygens (including phenoxy) is 1. The average Bonchev–Trinajstić information content (AvgIpc) is 2.82. The molecule has 174 valence electrons. The van der Waals surface area contributed by atoms with Crippen LogP contribution in [-0.4, -0.2) is 38.8 Å². The van der Waals surface area contributed by atoms with Crippen molar-refractivity contribution in [3.63, 3.8) is 0 Å². The molecule has 0 radical (unpaired) electrons. The SMILES string of the molecule is COc1ccc(CCN(CCCc2ccccc2)S(=O)(=O)c2ccc(NC(C)=O)cc2)cc1. The normalized spacial score (nSPS) is 11.4. The number of rotatable bonds is 11. The second-order valence-corrected chi connectivity index (χ2v) is 9.73. The van der Waals surface area contributed by atoms with Gasteiger partial charge in [0.2, 0.25) is 15.9 Å². The summed E-state index contributed by atoms with van der Waals surface area (Å²) in [5, 5.41) is 2.66. The van der Waals surface area contributed by atoms with Crippen LogP contribution in [0.3, 0.4) is 0 Å². The van der Waals surface area contributed by atoms with Crippen molar-refractivity contribution in [2.75, 3.05) is 25.5 Å². The van der Waals surface area contributed by atoms with Gasteiger partial charge in [-0.05, 0) is 66.8 Å². The van der Waals surface area contributed by atoms with Crippen molar-refractivity contribution >= 4 is 21.6 Å². The summed E-state index contributed by atoms with van der Waals surface area (Å²) in [6, 6.07) is 24.0. The molecule has 3 rings (SSSR count). The van der Waals surface area contributed by atoms with Gasteiger partial charge in [0.15, 0.2) is 0 Å². The first-order valence-electron chi connectivity index (χ1n) is 10.9. The van der Waals surface area contributed by atoms with Crippen LogP contribution in [0.25, 0.3) is 0 Å². The third-order valence-corrected chi connectivity index (χ3v) is 7.25. The molecule has 0 aliphatic carbocycles. The van der Waals surface area contributed by atoms with Crippen LogP contribution in [0.15, 0.2) is 83.8 Å². The van der Waals surface area contributed by atoms with Crippen molar-refractivity contribution in [3.8, 4) is 5.75 Å². The number of aryl methyl sites for hydroxylation is 1. The van der Waals surface area contributed by atoms with E-state index in [2.05, 4.69) is 17.4 Å². The maximum absolute atomic E-state index is 13.4. The minimum Gasteiger partial charge on any atom is -0.497 e. The Kier molecular flexibility index (Phi) is 8.63. The van der Waals surface area contributed by atoms with Crippen molar-refractivity contribution in [1.82, 2.24) is 4.31 Å². The predicted molar refractivity (Wildman–Crippen MR) is 131 cm³/mol. The van der Waals surface area contributed by atoms with Gasteiger partial charge in [0, 0.05) is 25.7 Å². The first-order chi connectivity index (χ1) is 15.9. The van der Waals surface area contributed by atoms with Crippen LogP contribution in [0, 0.1) is 0 Å². The number of benzene rings is 3. The van der Waals surface area contributed by atoms with Gasteiger partial charge in [-0.2, -0.15) is 4.31 Å². The Balaban J connectivity index is 1.75. The topological polar surface area (TPSA) is 75.7 Å². The van der Waals surface area contributed by atoms with Gasteiger partial charge in [-0.15, -0.1) is 0 Å². The van der Waals surface area contributed by atoms with E-state index < -0.39 is 10.0 Å². The summed E-state index contributed by atoms with van der Waals surface area (Å²) in [5.41, 5.74) is 2.79. The molecule has 0 fully saturated rings. The molecule has 0 atom stereocenters. The number of hydrogen-bond donors (Lipinski definition) is 1. The van der Waals surface area contributed by atoms with Crippen molar-refractivity contribution < 1.29 is 17.9 Å². The molecule has 0 heterocycles. The number of amides is 1. The summed E-state index contributed by atoms with van der Waals surface area (Å²) < 4.78 is 33.6. The molecule has 0 unspecified atom stereocenters. The highest BCUT2D eigenvalue weighted by Crippen LogP contribution is 2.20. The van der Waals surface area contributed by atoms with Crippen molar-refractivity contribution in [2.45, 2.75) is 31.1 Å². The van der Waals surface area contributed by atoms with E-state index in [4.69, 9.17) is 4.74 Å². The molecule has 0 saturated heterocycles. The lowest BCUT2D eigenvalue weighted by molar-refractivity contribution is -0.114. The van der Waals surface area contributed by atoms with Gasteiger partial charge in [0.05, 0.1) is 12.0 Å². The second kappa shape index (κ2) is 11.6. The lowest BCUT2D eigenvalue weighted by Gasteiger charge is -2.23. The quantitative estimate of drug-likeness (QED) is 0.451. The third-order valence-electron chi connectivity index (χ3n) is 5.34. The Morgan fingerprint density at radius 2 is 1.48 bits per heavy atom. The highest BCUT2D eigenvalue weighted by Gasteiger charge is 2.24. The number of carbonyl (C=O) groups is 1. The van der Waals surface area contributed by atoms with Crippen LogP contribution in [0.5, 0.6) is 5.75 Å². The maximum atomic E-state index is 13.4. The maximum Gasteiger partial charge on any atom is 0.243 e. The van der Waals surface area contributed by atoms with Crippen LogP contribution in [0.2, 0.25) is 0 Å². The van der Waals surface area contributed by atoms with Gasteiger partial charge < -0.3 is 10.1 Å². The zero-order valence-electron chi connectivity index (χ0n) is 19.0. The summed E-state index contributed by atoms with van der Waals surface area (Å²) in [5.74, 6) is 0.568. The molecular weight excluding hydrogens is 436 g/mol. The molecule has 1 amide bonds. The Hall–Kier alpha value is -3.16. The van der Waals surface area contributed by atoms with Gasteiger partial charge in [-0.1, -0.05) is 42.5 Å². The van der Waals surface area contributed by atoms with Gasteiger partial charge in [-0.3, -0.25) is 4.79 Å². The average molecular weight is 467 g/mol. The number of anilines is 1. The standard InChI is InChI=1S/C26H30N2O4S/c1-21(29)27-24-12-16-26(17-13-24)33(30,31)28(19-6-9-22-7-4-3-5-8-22)20-18-23-10-14-25(32-2)15-11-23/h3-5,7-8,10-17H,6,9,18-20H2,1-2H3,(H,27,29).